The zero-order valence-corrected chi connectivity index (χ0v) is 14.0. The van der Waals surface area contributed by atoms with Crippen LogP contribution in [0.2, 0.25) is 5.02 Å². The molecule has 5 nitrogen and oxygen atoms in total. The van der Waals surface area contributed by atoms with Gasteiger partial charge in [0.1, 0.15) is 25.1 Å². The fourth-order valence-corrected chi connectivity index (χ4v) is 2.09. The third kappa shape index (κ3) is 5.73. The molecule has 0 saturated carbocycles. The van der Waals surface area contributed by atoms with Gasteiger partial charge in [-0.05, 0) is 25.0 Å². The first-order valence-electron chi connectivity index (χ1n) is 6.91. The Hall–Kier alpha value is -1.46. The van der Waals surface area contributed by atoms with Crippen molar-refractivity contribution in [3.8, 4) is 0 Å². The molecular formula is C15H19Cl2NO4. The van der Waals surface area contributed by atoms with Crippen LogP contribution in [-0.2, 0) is 25.5 Å². The van der Waals surface area contributed by atoms with Gasteiger partial charge in [0.2, 0.25) is 0 Å². The van der Waals surface area contributed by atoms with Gasteiger partial charge in [-0.3, -0.25) is 4.79 Å². The van der Waals surface area contributed by atoms with Gasteiger partial charge >= 0.3 is 11.9 Å². The molecule has 0 saturated heterocycles. The number of ether oxygens (including phenoxy) is 2. The Morgan fingerprint density at radius 1 is 1.27 bits per heavy atom. The summed E-state index contributed by atoms with van der Waals surface area (Å²) in [7, 11) is 0. The largest absolute Gasteiger partial charge is 0.461 e. The molecule has 1 aromatic rings. The maximum atomic E-state index is 11.9. The molecule has 1 atom stereocenters. The lowest BCUT2D eigenvalue weighted by Gasteiger charge is -2.18. The number of alkyl halides is 1. The monoisotopic (exact) mass is 347 g/mol. The topological polar surface area (TPSA) is 64.6 Å². The van der Waals surface area contributed by atoms with Crippen molar-refractivity contribution in [2.75, 3.05) is 24.4 Å². The predicted octanol–water partition coefficient (Wildman–Crippen LogP) is 3.03. The number of para-hydroxylation sites is 1. The molecule has 0 radical (unpaired) electrons. The lowest BCUT2D eigenvalue weighted by atomic mass is 10.1. The number of anilines is 1. The number of esters is 2. The molecule has 0 aliphatic rings. The van der Waals surface area contributed by atoms with E-state index in [2.05, 4.69) is 5.32 Å². The zero-order valence-electron chi connectivity index (χ0n) is 12.5. The average molecular weight is 348 g/mol. The van der Waals surface area contributed by atoms with E-state index in [1.54, 1.807) is 13.0 Å². The van der Waals surface area contributed by atoms with Crippen LogP contribution in [0.1, 0.15) is 19.4 Å². The number of halogens is 2. The number of carbonyl (C=O) groups is 2. The first kappa shape index (κ1) is 18.6. The summed E-state index contributed by atoms with van der Waals surface area (Å²) < 4.78 is 9.73. The Bertz CT molecular complexity index is 522. The molecule has 0 aliphatic heterocycles. The number of aryl methyl sites for hydroxylation is 1. The highest BCUT2D eigenvalue weighted by atomic mass is 35.5. The number of nitrogens with one attached hydrogen (secondary N) is 1. The highest BCUT2D eigenvalue weighted by Crippen LogP contribution is 2.27. The van der Waals surface area contributed by atoms with Gasteiger partial charge in [-0.15, -0.1) is 11.6 Å². The average Bonchev–Trinajstić information content (AvgIpc) is 2.52. The summed E-state index contributed by atoms with van der Waals surface area (Å²) in [6.45, 7) is 3.65. The smallest absolute Gasteiger partial charge is 0.328 e. The van der Waals surface area contributed by atoms with Crippen LogP contribution >= 0.6 is 23.2 Å². The Kier molecular flexibility index (Phi) is 8.06. The minimum atomic E-state index is -0.575. The fourth-order valence-electron chi connectivity index (χ4n) is 1.76. The van der Waals surface area contributed by atoms with E-state index >= 15 is 0 Å². The summed E-state index contributed by atoms with van der Waals surface area (Å²) in [5.74, 6) is -1.23. The van der Waals surface area contributed by atoms with Crippen LogP contribution in [0, 0.1) is 0 Å². The van der Waals surface area contributed by atoms with Gasteiger partial charge in [0.25, 0.3) is 0 Å². The third-order valence-electron chi connectivity index (χ3n) is 2.90. The summed E-state index contributed by atoms with van der Waals surface area (Å²) in [5.41, 5.74) is 1.74. The molecule has 0 aliphatic carbocycles. The lowest BCUT2D eigenvalue weighted by molar-refractivity contribution is -0.151. The summed E-state index contributed by atoms with van der Waals surface area (Å²) in [5, 5.41) is 3.61. The quantitative estimate of drug-likeness (QED) is 0.444. The fraction of sp³-hybridized carbons (Fsp3) is 0.467. The van der Waals surface area contributed by atoms with Gasteiger partial charge in [-0.2, -0.15) is 0 Å². The van der Waals surface area contributed by atoms with Crippen molar-refractivity contribution in [3.63, 3.8) is 0 Å². The molecule has 0 amide bonds. The number of benzene rings is 1. The van der Waals surface area contributed by atoms with Crippen molar-refractivity contribution < 1.29 is 19.1 Å². The molecule has 1 rings (SSSR count). The molecule has 0 aromatic heterocycles. The predicted molar refractivity (Wildman–Crippen MR) is 86.6 cm³/mol. The molecule has 0 fully saturated rings. The second-order valence-electron chi connectivity index (χ2n) is 4.52. The second kappa shape index (κ2) is 9.54. The molecule has 122 valence electrons. The minimum absolute atomic E-state index is 0.0172. The van der Waals surface area contributed by atoms with Gasteiger partial charge in [-0.25, -0.2) is 4.79 Å². The third-order valence-corrected chi connectivity index (χ3v) is 3.43. The van der Waals surface area contributed by atoms with Crippen molar-refractivity contribution in [2.45, 2.75) is 26.3 Å². The van der Waals surface area contributed by atoms with Crippen LogP contribution in [0.3, 0.4) is 0 Å². The normalized spacial score (nSPS) is 11.6. The number of hydrogen-bond acceptors (Lipinski definition) is 5. The van der Waals surface area contributed by atoms with Gasteiger partial charge in [-0.1, -0.05) is 30.7 Å². The van der Waals surface area contributed by atoms with Gasteiger partial charge < -0.3 is 14.8 Å². The molecule has 0 spiro atoms. The first-order chi connectivity index (χ1) is 10.5. The van der Waals surface area contributed by atoms with E-state index in [4.69, 9.17) is 32.7 Å². The molecule has 0 heterocycles. The number of rotatable bonds is 8. The first-order valence-corrected chi connectivity index (χ1v) is 7.83. The number of hydrogen-bond donors (Lipinski definition) is 1. The molecule has 0 bridgehead atoms. The maximum Gasteiger partial charge on any atom is 0.328 e. The Balaban J connectivity index is 2.49. The second-order valence-corrected chi connectivity index (χ2v) is 5.19. The summed E-state index contributed by atoms with van der Waals surface area (Å²) in [6, 6.07) is 4.99. The van der Waals surface area contributed by atoms with Crippen molar-refractivity contribution in [1.82, 2.24) is 0 Å². The molecular weight excluding hydrogens is 329 g/mol. The van der Waals surface area contributed by atoms with Crippen LogP contribution in [0.15, 0.2) is 18.2 Å². The van der Waals surface area contributed by atoms with Gasteiger partial charge in [0, 0.05) is 0 Å². The summed E-state index contributed by atoms with van der Waals surface area (Å²) >= 11 is 11.4. The van der Waals surface area contributed by atoms with Crippen LogP contribution in [-0.4, -0.2) is 37.1 Å². The van der Waals surface area contributed by atoms with Gasteiger partial charge in [0.15, 0.2) is 0 Å². The van der Waals surface area contributed by atoms with Gasteiger partial charge in [0.05, 0.1) is 10.7 Å². The van der Waals surface area contributed by atoms with Crippen LogP contribution in [0.25, 0.3) is 0 Å². The SMILES string of the molecule is CCc1cccc(Cl)c1NC(C)C(=O)OCCOC(=O)CCl. The van der Waals surface area contributed by atoms with E-state index in [0.717, 1.165) is 17.7 Å². The molecule has 1 N–H and O–H groups in total. The lowest BCUT2D eigenvalue weighted by Crippen LogP contribution is -2.30. The molecule has 22 heavy (non-hydrogen) atoms. The van der Waals surface area contributed by atoms with Crippen LogP contribution < -0.4 is 5.32 Å². The summed E-state index contributed by atoms with van der Waals surface area (Å²) in [6.07, 6.45) is 0.791. The van der Waals surface area contributed by atoms with E-state index in [1.165, 1.54) is 0 Å². The van der Waals surface area contributed by atoms with Crippen LogP contribution in [0.5, 0.6) is 0 Å². The standard InChI is InChI=1S/C15H19Cl2NO4/c1-3-11-5-4-6-12(17)14(11)18-10(2)15(20)22-8-7-21-13(19)9-16/h4-6,10,18H,3,7-9H2,1-2H3. The van der Waals surface area contributed by atoms with Crippen molar-refractivity contribution in [1.29, 1.82) is 0 Å². The van der Waals surface area contributed by atoms with Crippen molar-refractivity contribution in [2.24, 2.45) is 0 Å². The number of carbonyl (C=O) groups excluding carboxylic acids is 2. The van der Waals surface area contributed by atoms with E-state index in [0.29, 0.717) is 5.02 Å². The van der Waals surface area contributed by atoms with Crippen molar-refractivity contribution >= 4 is 40.8 Å². The molecule has 1 aromatic carbocycles. The summed E-state index contributed by atoms with van der Waals surface area (Å²) in [4.78, 5) is 22.7. The van der Waals surface area contributed by atoms with E-state index < -0.39 is 18.0 Å². The highest BCUT2D eigenvalue weighted by Gasteiger charge is 2.17. The van der Waals surface area contributed by atoms with E-state index in [9.17, 15) is 9.59 Å². The molecule has 1 unspecified atom stereocenters. The zero-order chi connectivity index (χ0) is 16.5. The Labute approximate surface area is 139 Å². The van der Waals surface area contributed by atoms with E-state index in [1.807, 2.05) is 19.1 Å². The van der Waals surface area contributed by atoms with Crippen molar-refractivity contribution in [3.05, 3.63) is 28.8 Å². The highest BCUT2D eigenvalue weighted by molar-refractivity contribution is 6.33. The van der Waals surface area contributed by atoms with Crippen LogP contribution in [0.4, 0.5) is 5.69 Å². The maximum absolute atomic E-state index is 11.9. The van der Waals surface area contributed by atoms with E-state index in [-0.39, 0.29) is 19.1 Å². The Morgan fingerprint density at radius 3 is 2.59 bits per heavy atom. The Morgan fingerprint density at radius 2 is 1.95 bits per heavy atom. The molecule has 7 heteroatoms. The minimum Gasteiger partial charge on any atom is -0.461 e.